The van der Waals surface area contributed by atoms with Crippen molar-refractivity contribution in [1.82, 2.24) is 46.9 Å². The zero-order valence-electron chi connectivity index (χ0n) is 36.8. The van der Waals surface area contributed by atoms with Crippen LogP contribution >= 0.6 is 0 Å². The lowest BCUT2D eigenvalue weighted by atomic mass is 9.91. The van der Waals surface area contributed by atoms with Gasteiger partial charge in [-0.2, -0.15) is 0 Å². The maximum Gasteiger partial charge on any atom is 0.243 e. The Kier molecular flexibility index (Phi) is 18.7. The van der Waals surface area contributed by atoms with Crippen LogP contribution in [0.1, 0.15) is 88.6 Å². The Labute approximate surface area is 373 Å². The molecular weight excluding hydrogens is 817 g/mol. The fraction of sp³-hybridized carbons (Fsp3) is 0.478. The summed E-state index contributed by atoms with van der Waals surface area (Å²) in [6.45, 7) is 4.48. The van der Waals surface area contributed by atoms with Crippen molar-refractivity contribution in [2.24, 2.45) is 22.4 Å². The van der Waals surface area contributed by atoms with Gasteiger partial charge in [0.1, 0.15) is 24.2 Å². The number of para-hydroxylation sites is 1. The van der Waals surface area contributed by atoms with E-state index in [1.54, 1.807) is 6.20 Å². The van der Waals surface area contributed by atoms with E-state index < -0.39 is 59.7 Å². The first-order valence-corrected chi connectivity index (χ1v) is 22.3. The molecule has 2 aromatic heterocycles. The number of benzene rings is 2. The number of fused-ring (bicyclic) bond motifs is 1. The maximum atomic E-state index is 14.5. The van der Waals surface area contributed by atoms with Gasteiger partial charge in [-0.3, -0.25) is 33.8 Å². The molecule has 0 spiro atoms. The summed E-state index contributed by atoms with van der Waals surface area (Å²) in [7, 11) is 0. The van der Waals surface area contributed by atoms with E-state index in [4.69, 9.17) is 11.5 Å². The predicted octanol–water partition coefficient (Wildman–Crippen LogP) is 1.91. The van der Waals surface area contributed by atoms with Crippen LogP contribution in [-0.4, -0.2) is 99.7 Å². The van der Waals surface area contributed by atoms with Crippen molar-refractivity contribution in [3.63, 3.8) is 0 Å². The maximum absolute atomic E-state index is 14.5. The zero-order valence-corrected chi connectivity index (χ0v) is 36.8. The van der Waals surface area contributed by atoms with Crippen molar-refractivity contribution < 1.29 is 28.8 Å². The number of H-pyrrole nitrogens is 2. The predicted molar refractivity (Wildman–Crippen MR) is 244 cm³/mol. The van der Waals surface area contributed by atoms with E-state index in [1.165, 1.54) is 6.33 Å². The fourth-order valence-electron chi connectivity index (χ4n) is 7.99. The van der Waals surface area contributed by atoms with Crippen LogP contribution in [0.4, 0.5) is 0 Å². The number of imidazole rings is 1. The molecule has 2 unspecified atom stereocenters. The molecule has 5 atom stereocenters. The van der Waals surface area contributed by atoms with Crippen molar-refractivity contribution in [2.75, 3.05) is 13.1 Å². The van der Waals surface area contributed by atoms with Gasteiger partial charge in [0.25, 0.3) is 0 Å². The van der Waals surface area contributed by atoms with Crippen LogP contribution in [0.15, 0.2) is 78.2 Å². The molecule has 0 radical (unpaired) electrons. The summed E-state index contributed by atoms with van der Waals surface area (Å²) < 4.78 is 0. The molecular formula is C46H64N12O6. The molecule has 5 rings (SSSR count). The largest absolute Gasteiger partial charge is 0.370 e. The second-order valence-corrected chi connectivity index (χ2v) is 16.4. The van der Waals surface area contributed by atoms with E-state index in [0.29, 0.717) is 43.6 Å². The fourth-order valence-corrected chi connectivity index (χ4v) is 7.99. The van der Waals surface area contributed by atoms with Crippen LogP contribution in [0.25, 0.3) is 10.9 Å². The summed E-state index contributed by atoms with van der Waals surface area (Å²) in [5.74, 6) is -3.13. The second-order valence-electron chi connectivity index (χ2n) is 16.4. The lowest BCUT2D eigenvalue weighted by molar-refractivity contribution is -0.134. The van der Waals surface area contributed by atoms with Crippen molar-refractivity contribution in [1.29, 1.82) is 0 Å². The Bertz CT molecular complexity index is 2130. The third-order valence-electron chi connectivity index (χ3n) is 11.5. The number of nitrogens with two attached hydrogens (primary N) is 2. The van der Waals surface area contributed by atoms with E-state index >= 15 is 0 Å². The van der Waals surface area contributed by atoms with Crippen molar-refractivity contribution in [3.8, 4) is 0 Å². The van der Waals surface area contributed by atoms with Crippen LogP contribution in [0.5, 0.6) is 0 Å². The van der Waals surface area contributed by atoms with Crippen molar-refractivity contribution in [3.05, 3.63) is 90.1 Å². The third-order valence-corrected chi connectivity index (χ3v) is 11.5. The van der Waals surface area contributed by atoms with Gasteiger partial charge >= 0.3 is 0 Å². The van der Waals surface area contributed by atoms with Gasteiger partial charge in [-0.1, -0.05) is 81.6 Å². The lowest BCUT2D eigenvalue weighted by Gasteiger charge is -2.28. The summed E-state index contributed by atoms with van der Waals surface area (Å²) in [6, 6.07) is 13.6. The minimum atomic E-state index is -1.22. The number of nitrogens with one attached hydrogen (secondary N) is 8. The van der Waals surface area contributed by atoms with Crippen LogP contribution in [-0.2, 0) is 48.0 Å². The van der Waals surface area contributed by atoms with Gasteiger partial charge in [0.05, 0.1) is 6.33 Å². The number of rotatable bonds is 13. The quantitative estimate of drug-likeness (QED) is 0.0533. The molecule has 0 bridgehead atoms. The average molecular weight is 881 g/mol. The molecule has 1 aliphatic rings. The number of hydrogen-bond acceptors (Lipinski definition) is 8. The Morgan fingerprint density at radius 3 is 2.06 bits per heavy atom. The number of guanidine groups is 1. The average Bonchev–Trinajstić information content (AvgIpc) is 3.95. The number of nitrogens with zero attached hydrogens (tertiary/aromatic N) is 2. The summed E-state index contributed by atoms with van der Waals surface area (Å²) in [5, 5.41) is 18.5. The van der Waals surface area contributed by atoms with E-state index in [1.807, 2.05) is 74.5 Å². The smallest absolute Gasteiger partial charge is 0.243 e. The van der Waals surface area contributed by atoms with Crippen molar-refractivity contribution >= 4 is 52.3 Å². The summed E-state index contributed by atoms with van der Waals surface area (Å²) >= 11 is 0. The summed E-state index contributed by atoms with van der Waals surface area (Å²) in [5.41, 5.74) is 14.0. The molecule has 2 aromatic carbocycles. The van der Waals surface area contributed by atoms with Crippen molar-refractivity contribution in [2.45, 2.75) is 121 Å². The number of carbonyl (C=O) groups is 6. The van der Waals surface area contributed by atoms with Gasteiger partial charge in [0, 0.05) is 74.3 Å². The lowest BCUT2D eigenvalue weighted by Crippen LogP contribution is -2.59. The van der Waals surface area contributed by atoms with Crippen LogP contribution in [0.2, 0.25) is 0 Å². The van der Waals surface area contributed by atoms with E-state index in [0.717, 1.165) is 29.3 Å². The van der Waals surface area contributed by atoms with Gasteiger partial charge in [-0.15, -0.1) is 0 Å². The SMILES string of the molecule is CCC(CC)C1CC(=O)N[C@@H](Cc2cnc[nH]2)C(=O)NC(Cc2ccccc2)C(=O)N[C@@H](CCCN=C(N)N)C(=O)N[C@@H](Cc2cc3ccccc3[nH]2)C(=O)NCCCCCC(=O)N1. The molecule has 64 heavy (non-hydrogen) atoms. The molecule has 1 aliphatic heterocycles. The van der Waals surface area contributed by atoms with E-state index in [-0.39, 0.29) is 62.9 Å². The molecule has 0 aliphatic carbocycles. The van der Waals surface area contributed by atoms with Gasteiger partial charge in [-0.25, -0.2) is 4.98 Å². The Morgan fingerprint density at radius 2 is 1.38 bits per heavy atom. The number of carbonyl (C=O) groups excluding carboxylic acids is 6. The zero-order chi connectivity index (χ0) is 45.8. The summed E-state index contributed by atoms with van der Waals surface area (Å²) in [6.07, 6.45) is 6.94. The van der Waals surface area contributed by atoms with Crippen LogP contribution < -0.4 is 43.4 Å². The number of aromatic amines is 2. The Morgan fingerprint density at radius 1 is 0.719 bits per heavy atom. The summed E-state index contributed by atoms with van der Waals surface area (Å²) in [4.78, 5) is 98.6. The topological polar surface area (TPSA) is 283 Å². The molecule has 18 nitrogen and oxygen atoms in total. The number of aromatic nitrogens is 3. The van der Waals surface area contributed by atoms with Gasteiger partial charge in [0.2, 0.25) is 35.4 Å². The van der Waals surface area contributed by atoms with E-state index in [9.17, 15) is 28.8 Å². The number of hydrogen-bond donors (Lipinski definition) is 10. The first-order valence-electron chi connectivity index (χ1n) is 22.3. The first kappa shape index (κ1) is 48.3. The highest BCUT2D eigenvalue weighted by Gasteiger charge is 2.33. The number of aliphatic imine (C=N–C) groups is 1. The number of amides is 6. The molecule has 6 amide bonds. The van der Waals surface area contributed by atoms with Crippen LogP contribution in [0, 0.1) is 5.92 Å². The molecule has 4 aromatic rings. The Balaban J connectivity index is 1.49. The molecule has 1 fully saturated rings. The molecule has 3 heterocycles. The minimum absolute atomic E-state index is 0.000682. The van der Waals surface area contributed by atoms with Crippen LogP contribution in [0.3, 0.4) is 0 Å². The van der Waals surface area contributed by atoms with Gasteiger partial charge in [-0.05, 0) is 54.7 Å². The molecule has 1 saturated heterocycles. The molecule has 18 heteroatoms. The Hall–Kier alpha value is -6.72. The highest BCUT2D eigenvalue weighted by atomic mass is 16.2. The highest BCUT2D eigenvalue weighted by molar-refractivity contribution is 5.96. The van der Waals surface area contributed by atoms with Gasteiger partial charge < -0.3 is 53.3 Å². The molecule has 12 N–H and O–H groups in total. The van der Waals surface area contributed by atoms with E-state index in [2.05, 4.69) is 51.8 Å². The highest BCUT2D eigenvalue weighted by Crippen LogP contribution is 2.19. The standard InChI is InChI=1S/C46H64N12O6/c1-3-30(4-2)36-26-41(60)55-39(25-33-27-49-28-52-33)45(64)57-37(22-29-14-7-5-8-15-29)44(63)56-35(18-13-21-51-46(47)48)43(62)58-38(24-32-23-31-16-10-11-17-34(31)53-32)42(61)50-20-12-6-9-19-40(59)54-36/h5,7-8,10-11,14-17,23,27-28,30,35-39,53H,3-4,6,9,12-13,18-22,24-26H2,1-2H3,(H,49,52)(H,50,61)(H,54,59)(H,55,60)(H,56,63)(H,57,64)(H,58,62)(H4,47,48,51)/t35-,36?,37?,38-,39-/m0/s1. The monoisotopic (exact) mass is 881 g/mol. The second kappa shape index (κ2) is 24.8. The minimum Gasteiger partial charge on any atom is -0.370 e. The van der Waals surface area contributed by atoms with Gasteiger partial charge in [0.15, 0.2) is 5.96 Å². The molecule has 344 valence electrons. The third kappa shape index (κ3) is 15.3. The molecule has 0 saturated carbocycles. The normalized spacial score (nSPS) is 21.5. The first-order chi connectivity index (χ1) is 30.9.